The number of halogens is 2. The minimum atomic E-state index is -0.675. The Labute approximate surface area is 174 Å². The predicted molar refractivity (Wildman–Crippen MR) is 111 cm³/mol. The fourth-order valence-corrected chi connectivity index (χ4v) is 3.39. The van der Waals surface area contributed by atoms with Crippen molar-refractivity contribution < 1.29 is 14.0 Å². The molecule has 0 unspecified atom stereocenters. The van der Waals surface area contributed by atoms with Crippen LogP contribution in [0.15, 0.2) is 48.5 Å². The summed E-state index contributed by atoms with van der Waals surface area (Å²) < 4.78 is 13.0. The number of carbonyl (C=O) groups is 2. The highest BCUT2D eigenvalue weighted by Gasteiger charge is 2.18. The third-order valence-corrected chi connectivity index (χ3v) is 5.25. The van der Waals surface area contributed by atoms with Crippen LogP contribution in [0.4, 0.5) is 10.1 Å². The lowest BCUT2D eigenvalue weighted by Gasteiger charge is -2.36. The fourth-order valence-electron chi connectivity index (χ4n) is 3.19. The van der Waals surface area contributed by atoms with Crippen molar-refractivity contribution in [3.05, 3.63) is 64.9 Å². The van der Waals surface area contributed by atoms with Crippen molar-refractivity contribution >= 4 is 29.1 Å². The Morgan fingerprint density at radius 2 is 1.59 bits per heavy atom. The molecular formula is C21H24ClFN4O2. The van der Waals surface area contributed by atoms with Gasteiger partial charge in [0.05, 0.1) is 0 Å². The molecule has 2 N–H and O–H groups in total. The normalized spacial score (nSPS) is 14.5. The molecule has 3 rings (SSSR count). The summed E-state index contributed by atoms with van der Waals surface area (Å²) in [5.41, 5.74) is 1.77. The zero-order valence-electron chi connectivity index (χ0n) is 16.0. The number of nitrogens with zero attached hydrogens (tertiary/aromatic N) is 2. The topological polar surface area (TPSA) is 64.7 Å². The van der Waals surface area contributed by atoms with Gasteiger partial charge < -0.3 is 15.5 Å². The highest BCUT2D eigenvalue weighted by Crippen LogP contribution is 2.17. The van der Waals surface area contributed by atoms with Crippen LogP contribution in [0.2, 0.25) is 5.02 Å². The van der Waals surface area contributed by atoms with Crippen molar-refractivity contribution in [2.24, 2.45) is 0 Å². The smallest absolute Gasteiger partial charge is 0.309 e. The van der Waals surface area contributed by atoms with Gasteiger partial charge >= 0.3 is 11.8 Å². The van der Waals surface area contributed by atoms with E-state index < -0.39 is 11.8 Å². The van der Waals surface area contributed by atoms with E-state index in [1.54, 1.807) is 30.3 Å². The van der Waals surface area contributed by atoms with Gasteiger partial charge in [0.2, 0.25) is 0 Å². The number of anilines is 1. The number of hydrogen-bond donors (Lipinski definition) is 2. The number of carbonyl (C=O) groups excluding carboxylic acids is 2. The van der Waals surface area contributed by atoms with E-state index >= 15 is 0 Å². The molecular weight excluding hydrogens is 395 g/mol. The number of amides is 2. The van der Waals surface area contributed by atoms with Gasteiger partial charge in [0.1, 0.15) is 5.82 Å². The lowest BCUT2D eigenvalue weighted by molar-refractivity contribution is -0.139. The van der Waals surface area contributed by atoms with Crippen LogP contribution in [0.25, 0.3) is 0 Å². The quantitative estimate of drug-likeness (QED) is 0.705. The van der Waals surface area contributed by atoms with Crippen molar-refractivity contribution in [2.45, 2.75) is 6.54 Å². The predicted octanol–water partition coefficient (Wildman–Crippen LogP) is 2.03. The summed E-state index contributed by atoms with van der Waals surface area (Å²) in [5, 5.41) is 5.77. The van der Waals surface area contributed by atoms with Crippen molar-refractivity contribution in [3.8, 4) is 0 Å². The maximum Gasteiger partial charge on any atom is 0.309 e. The maximum absolute atomic E-state index is 13.0. The van der Waals surface area contributed by atoms with Gasteiger partial charge in [-0.25, -0.2) is 4.39 Å². The zero-order valence-corrected chi connectivity index (χ0v) is 16.8. The van der Waals surface area contributed by atoms with Crippen LogP contribution < -0.4 is 15.5 Å². The van der Waals surface area contributed by atoms with Crippen LogP contribution in [-0.2, 0) is 16.1 Å². The second-order valence-electron chi connectivity index (χ2n) is 6.84. The third-order valence-electron chi connectivity index (χ3n) is 4.88. The Morgan fingerprint density at radius 3 is 2.28 bits per heavy atom. The highest BCUT2D eigenvalue weighted by molar-refractivity contribution is 6.35. The first-order valence-corrected chi connectivity index (χ1v) is 9.93. The van der Waals surface area contributed by atoms with E-state index in [0.717, 1.165) is 37.4 Å². The molecule has 2 aromatic carbocycles. The van der Waals surface area contributed by atoms with Gasteiger partial charge in [-0.15, -0.1) is 0 Å². The van der Waals surface area contributed by atoms with E-state index in [9.17, 15) is 14.0 Å². The van der Waals surface area contributed by atoms with E-state index in [1.807, 2.05) is 6.07 Å². The van der Waals surface area contributed by atoms with Crippen LogP contribution >= 0.6 is 11.6 Å². The molecule has 2 aromatic rings. The molecule has 1 aliphatic rings. The Balaban J connectivity index is 1.33. The summed E-state index contributed by atoms with van der Waals surface area (Å²) in [5.74, 6) is -1.56. The van der Waals surface area contributed by atoms with E-state index in [-0.39, 0.29) is 12.4 Å². The number of benzene rings is 2. The molecule has 1 aliphatic heterocycles. The highest BCUT2D eigenvalue weighted by atomic mass is 35.5. The molecule has 6 nitrogen and oxygen atoms in total. The molecule has 1 saturated heterocycles. The average molecular weight is 419 g/mol. The minimum Gasteiger partial charge on any atom is -0.369 e. The fraction of sp³-hybridized carbons (Fsp3) is 0.333. The summed E-state index contributed by atoms with van der Waals surface area (Å²) >= 11 is 6.04. The SMILES string of the molecule is O=C(NCCN1CCN(c2ccc(F)cc2)CC1)C(=O)NCc1ccccc1Cl. The molecule has 0 spiro atoms. The first-order chi connectivity index (χ1) is 14.0. The Morgan fingerprint density at radius 1 is 0.931 bits per heavy atom. The standard InChI is InChI=1S/C21H24ClFN4O2/c22-19-4-2-1-3-16(19)15-25-21(29)20(28)24-9-10-26-11-13-27(14-12-26)18-7-5-17(23)6-8-18/h1-8H,9-15H2,(H,24,28)(H,25,29). The molecule has 8 heteroatoms. The lowest BCUT2D eigenvalue weighted by Crippen LogP contribution is -2.49. The molecule has 2 amide bonds. The van der Waals surface area contributed by atoms with E-state index in [2.05, 4.69) is 20.4 Å². The van der Waals surface area contributed by atoms with Gasteiger partial charge in [0, 0.05) is 56.5 Å². The van der Waals surface area contributed by atoms with E-state index in [1.165, 1.54) is 12.1 Å². The van der Waals surface area contributed by atoms with Crippen molar-refractivity contribution in [3.63, 3.8) is 0 Å². The molecule has 0 saturated carbocycles. The van der Waals surface area contributed by atoms with Crippen LogP contribution in [-0.4, -0.2) is 56.0 Å². The molecule has 1 fully saturated rings. The molecule has 0 aliphatic carbocycles. The molecule has 154 valence electrons. The number of piperazine rings is 1. The lowest BCUT2D eigenvalue weighted by atomic mass is 10.2. The van der Waals surface area contributed by atoms with Gasteiger partial charge in [0.25, 0.3) is 0 Å². The van der Waals surface area contributed by atoms with Crippen LogP contribution in [0, 0.1) is 5.82 Å². The van der Waals surface area contributed by atoms with Crippen LogP contribution in [0.5, 0.6) is 0 Å². The first-order valence-electron chi connectivity index (χ1n) is 9.55. The van der Waals surface area contributed by atoms with Gasteiger partial charge in [-0.1, -0.05) is 29.8 Å². The van der Waals surface area contributed by atoms with Gasteiger partial charge in [0.15, 0.2) is 0 Å². The van der Waals surface area contributed by atoms with Crippen molar-refractivity contribution in [1.29, 1.82) is 0 Å². The van der Waals surface area contributed by atoms with Gasteiger partial charge in [-0.2, -0.15) is 0 Å². The Bertz CT molecular complexity index is 839. The second-order valence-corrected chi connectivity index (χ2v) is 7.24. The van der Waals surface area contributed by atoms with Gasteiger partial charge in [-0.05, 0) is 35.9 Å². The monoisotopic (exact) mass is 418 g/mol. The zero-order chi connectivity index (χ0) is 20.6. The summed E-state index contributed by atoms with van der Waals surface area (Å²) in [4.78, 5) is 28.3. The molecule has 0 aromatic heterocycles. The molecule has 0 radical (unpaired) electrons. The van der Waals surface area contributed by atoms with Crippen LogP contribution in [0.1, 0.15) is 5.56 Å². The molecule has 0 atom stereocenters. The molecule has 29 heavy (non-hydrogen) atoms. The summed E-state index contributed by atoms with van der Waals surface area (Å²) in [7, 11) is 0. The summed E-state index contributed by atoms with van der Waals surface area (Å²) in [6, 6.07) is 13.7. The minimum absolute atomic E-state index is 0.206. The second kappa shape index (κ2) is 10.2. The summed E-state index contributed by atoms with van der Waals surface area (Å²) in [6.07, 6.45) is 0. The first kappa shape index (κ1) is 21.1. The van der Waals surface area contributed by atoms with E-state index in [4.69, 9.17) is 11.6 Å². The number of nitrogens with one attached hydrogen (secondary N) is 2. The molecule has 0 bridgehead atoms. The summed E-state index contributed by atoms with van der Waals surface area (Å²) in [6.45, 7) is 4.61. The molecule has 1 heterocycles. The van der Waals surface area contributed by atoms with Crippen molar-refractivity contribution in [2.75, 3.05) is 44.2 Å². The number of rotatable bonds is 6. The third kappa shape index (κ3) is 6.17. The van der Waals surface area contributed by atoms with Crippen molar-refractivity contribution in [1.82, 2.24) is 15.5 Å². The average Bonchev–Trinajstić information content (AvgIpc) is 2.74. The number of hydrogen-bond acceptors (Lipinski definition) is 4. The Kier molecular flexibility index (Phi) is 7.43. The largest absolute Gasteiger partial charge is 0.369 e. The Hall–Kier alpha value is -2.64. The van der Waals surface area contributed by atoms with E-state index in [0.29, 0.717) is 18.1 Å². The van der Waals surface area contributed by atoms with Gasteiger partial charge in [-0.3, -0.25) is 14.5 Å². The van der Waals surface area contributed by atoms with Crippen LogP contribution in [0.3, 0.4) is 0 Å². The maximum atomic E-state index is 13.0.